The largest absolute Gasteiger partial charge is 0.463 e. The molecule has 108 valence electrons. The lowest BCUT2D eigenvalue weighted by molar-refractivity contribution is -0.139. The highest BCUT2D eigenvalue weighted by molar-refractivity contribution is 5.91. The van der Waals surface area contributed by atoms with Crippen LogP contribution >= 0.6 is 0 Å². The van der Waals surface area contributed by atoms with E-state index in [-0.39, 0.29) is 12.0 Å². The number of hydrogen-bond donors (Lipinski definition) is 2. The molecule has 1 atom stereocenters. The number of ether oxygens (including phenoxy) is 1. The summed E-state index contributed by atoms with van der Waals surface area (Å²) in [4.78, 5) is 12.3. The van der Waals surface area contributed by atoms with Crippen LogP contribution in [0.25, 0.3) is 0 Å². The predicted octanol–water partition coefficient (Wildman–Crippen LogP) is 2.50. The summed E-state index contributed by atoms with van der Waals surface area (Å²) in [6.07, 6.45) is 1.85. The van der Waals surface area contributed by atoms with Crippen LogP contribution in [0.5, 0.6) is 0 Å². The molecule has 1 aromatic carbocycles. The fourth-order valence-corrected chi connectivity index (χ4v) is 2.48. The lowest BCUT2D eigenvalue weighted by atomic mass is 9.94. The van der Waals surface area contributed by atoms with Crippen LogP contribution in [0, 0.1) is 0 Å². The minimum absolute atomic E-state index is 0.0990. The van der Waals surface area contributed by atoms with Crippen molar-refractivity contribution in [1.29, 1.82) is 0 Å². The Hall–Kier alpha value is -1.81. The molecule has 1 aromatic rings. The van der Waals surface area contributed by atoms with Gasteiger partial charge in [0.2, 0.25) is 0 Å². The van der Waals surface area contributed by atoms with E-state index in [4.69, 9.17) is 4.74 Å². The first-order valence-corrected chi connectivity index (χ1v) is 7.20. The molecule has 0 bridgehead atoms. The van der Waals surface area contributed by atoms with Gasteiger partial charge in [-0.2, -0.15) is 0 Å². The van der Waals surface area contributed by atoms with Gasteiger partial charge in [-0.1, -0.05) is 43.7 Å². The molecule has 1 heterocycles. The first-order valence-electron chi connectivity index (χ1n) is 7.20. The molecule has 0 fully saturated rings. The van der Waals surface area contributed by atoms with Gasteiger partial charge in [-0.15, -0.1) is 0 Å². The molecule has 0 saturated heterocycles. The molecule has 0 spiro atoms. The van der Waals surface area contributed by atoms with E-state index in [0.717, 1.165) is 24.1 Å². The van der Waals surface area contributed by atoms with E-state index in [9.17, 15) is 4.79 Å². The van der Waals surface area contributed by atoms with Crippen LogP contribution in [0.15, 0.2) is 41.6 Å². The van der Waals surface area contributed by atoms with Crippen molar-refractivity contribution < 1.29 is 9.53 Å². The molecule has 0 aliphatic carbocycles. The third-order valence-corrected chi connectivity index (χ3v) is 3.35. The summed E-state index contributed by atoms with van der Waals surface area (Å²) in [5.41, 5.74) is 2.80. The van der Waals surface area contributed by atoms with Crippen LogP contribution in [-0.2, 0) is 9.53 Å². The maximum atomic E-state index is 12.3. The van der Waals surface area contributed by atoms with Crippen molar-refractivity contribution in [3.63, 3.8) is 0 Å². The van der Waals surface area contributed by atoms with Gasteiger partial charge in [0.05, 0.1) is 24.9 Å². The van der Waals surface area contributed by atoms with E-state index in [2.05, 4.69) is 17.6 Å². The molecule has 0 saturated carbocycles. The molecule has 1 aliphatic heterocycles. The first kappa shape index (κ1) is 14.6. The van der Waals surface area contributed by atoms with Gasteiger partial charge >= 0.3 is 5.97 Å². The maximum Gasteiger partial charge on any atom is 0.337 e. The molecule has 1 aliphatic rings. The third-order valence-electron chi connectivity index (χ3n) is 3.35. The summed E-state index contributed by atoms with van der Waals surface area (Å²) in [5, 5.41) is 6.62. The average Bonchev–Trinajstić information content (AvgIpc) is 2.48. The summed E-state index contributed by atoms with van der Waals surface area (Å²) >= 11 is 0. The molecular weight excluding hydrogens is 252 g/mol. The lowest BCUT2D eigenvalue weighted by Gasteiger charge is -2.30. The van der Waals surface area contributed by atoms with Crippen molar-refractivity contribution in [3.05, 3.63) is 47.2 Å². The van der Waals surface area contributed by atoms with Gasteiger partial charge in [0.15, 0.2) is 0 Å². The Labute approximate surface area is 120 Å². The zero-order valence-electron chi connectivity index (χ0n) is 12.1. The number of allylic oxidation sites excluding steroid dienone is 1. The Morgan fingerprint density at radius 1 is 1.30 bits per heavy atom. The Morgan fingerprint density at radius 3 is 2.70 bits per heavy atom. The second-order valence-corrected chi connectivity index (χ2v) is 4.76. The first-order chi connectivity index (χ1) is 9.77. The van der Waals surface area contributed by atoms with Crippen molar-refractivity contribution in [3.8, 4) is 0 Å². The average molecular weight is 274 g/mol. The molecule has 0 amide bonds. The smallest absolute Gasteiger partial charge is 0.337 e. The van der Waals surface area contributed by atoms with E-state index in [1.54, 1.807) is 0 Å². The van der Waals surface area contributed by atoms with E-state index < -0.39 is 0 Å². The van der Waals surface area contributed by atoms with Gasteiger partial charge in [-0.3, -0.25) is 5.32 Å². The minimum atomic E-state index is -0.232. The van der Waals surface area contributed by atoms with Gasteiger partial charge in [0.1, 0.15) is 0 Å². The van der Waals surface area contributed by atoms with Gasteiger partial charge in [-0.25, -0.2) is 4.79 Å². The predicted molar refractivity (Wildman–Crippen MR) is 78.9 cm³/mol. The van der Waals surface area contributed by atoms with E-state index in [1.165, 1.54) is 0 Å². The number of carbonyl (C=O) groups excluding carboxylic acids is 1. The SMILES string of the molecule is CCCC1=C(C(=O)OCC)C(c2ccccc2)NCN1. The molecule has 0 aromatic heterocycles. The normalized spacial score (nSPS) is 18.6. The highest BCUT2D eigenvalue weighted by atomic mass is 16.5. The van der Waals surface area contributed by atoms with E-state index in [0.29, 0.717) is 18.8 Å². The quantitative estimate of drug-likeness (QED) is 0.810. The van der Waals surface area contributed by atoms with Crippen molar-refractivity contribution in [2.24, 2.45) is 0 Å². The van der Waals surface area contributed by atoms with E-state index in [1.807, 2.05) is 37.3 Å². The standard InChI is InChI=1S/C16H22N2O2/c1-3-8-13-14(16(19)20-4-2)15(18-11-17-13)12-9-6-5-7-10-12/h5-7,9-10,15,17-18H,3-4,8,11H2,1-2H3. The molecule has 2 rings (SSSR count). The summed E-state index contributed by atoms with van der Waals surface area (Å²) in [6.45, 7) is 5.00. The third kappa shape index (κ3) is 3.20. The molecule has 20 heavy (non-hydrogen) atoms. The zero-order valence-corrected chi connectivity index (χ0v) is 12.1. The Bertz CT molecular complexity index is 483. The van der Waals surface area contributed by atoms with Crippen molar-refractivity contribution in [2.75, 3.05) is 13.3 Å². The Morgan fingerprint density at radius 2 is 2.05 bits per heavy atom. The fourth-order valence-electron chi connectivity index (χ4n) is 2.48. The molecule has 2 N–H and O–H groups in total. The summed E-state index contributed by atoms with van der Waals surface area (Å²) in [5.74, 6) is -0.232. The molecule has 4 nitrogen and oxygen atoms in total. The number of carbonyl (C=O) groups is 1. The zero-order chi connectivity index (χ0) is 14.4. The highest BCUT2D eigenvalue weighted by Crippen LogP contribution is 2.28. The number of hydrogen-bond acceptors (Lipinski definition) is 4. The van der Waals surface area contributed by atoms with Crippen molar-refractivity contribution >= 4 is 5.97 Å². The van der Waals surface area contributed by atoms with Gasteiger partial charge in [0, 0.05) is 5.70 Å². The molecule has 1 unspecified atom stereocenters. The Balaban J connectivity index is 2.38. The van der Waals surface area contributed by atoms with Crippen LogP contribution < -0.4 is 10.6 Å². The topological polar surface area (TPSA) is 50.4 Å². The number of rotatable bonds is 5. The van der Waals surface area contributed by atoms with Crippen LogP contribution in [0.2, 0.25) is 0 Å². The maximum absolute atomic E-state index is 12.3. The monoisotopic (exact) mass is 274 g/mol. The number of esters is 1. The molecule has 0 radical (unpaired) electrons. The second-order valence-electron chi connectivity index (χ2n) is 4.76. The number of benzene rings is 1. The Kier molecular flexibility index (Phi) is 5.18. The van der Waals surface area contributed by atoms with Crippen LogP contribution in [0.4, 0.5) is 0 Å². The van der Waals surface area contributed by atoms with Gasteiger partial charge < -0.3 is 10.1 Å². The van der Waals surface area contributed by atoms with Crippen molar-refractivity contribution in [1.82, 2.24) is 10.6 Å². The van der Waals surface area contributed by atoms with Crippen LogP contribution in [0.3, 0.4) is 0 Å². The second kappa shape index (κ2) is 7.10. The van der Waals surface area contributed by atoms with Gasteiger partial charge in [0.25, 0.3) is 0 Å². The fraction of sp³-hybridized carbons (Fsp3) is 0.438. The summed E-state index contributed by atoms with van der Waals surface area (Å²) in [7, 11) is 0. The van der Waals surface area contributed by atoms with Crippen molar-refractivity contribution in [2.45, 2.75) is 32.7 Å². The molecular formula is C16H22N2O2. The summed E-state index contributed by atoms with van der Waals surface area (Å²) in [6, 6.07) is 9.92. The van der Waals surface area contributed by atoms with Crippen LogP contribution in [0.1, 0.15) is 38.3 Å². The summed E-state index contributed by atoms with van der Waals surface area (Å²) < 4.78 is 5.23. The minimum Gasteiger partial charge on any atom is -0.463 e. The van der Waals surface area contributed by atoms with Crippen LogP contribution in [-0.4, -0.2) is 19.2 Å². The molecule has 4 heteroatoms. The van der Waals surface area contributed by atoms with E-state index >= 15 is 0 Å². The van der Waals surface area contributed by atoms with Gasteiger partial charge in [-0.05, 0) is 18.9 Å². The highest BCUT2D eigenvalue weighted by Gasteiger charge is 2.29. The number of nitrogens with one attached hydrogen (secondary N) is 2. The lowest BCUT2D eigenvalue weighted by Crippen LogP contribution is -2.41.